The van der Waals surface area contributed by atoms with Gasteiger partial charge in [0.2, 0.25) is 5.91 Å². The van der Waals surface area contributed by atoms with Gasteiger partial charge in [0, 0.05) is 6.54 Å². The molecule has 0 aliphatic heterocycles. The Bertz CT molecular complexity index is 532. The van der Waals surface area contributed by atoms with Crippen molar-refractivity contribution in [3.8, 4) is 0 Å². The highest BCUT2D eigenvalue weighted by molar-refractivity contribution is 7.85. The van der Waals surface area contributed by atoms with Gasteiger partial charge in [0.15, 0.2) is 0 Å². The first-order chi connectivity index (χ1) is 15.0. The van der Waals surface area contributed by atoms with Crippen LogP contribution in [0.25, 0.3) is 0 Å². The molecule has 0 radical (unpaired) electrons. The fourth-order valence-corrected chi connectivity index (χ4v) is 4.08. The number of nitrogens with one attached hydrogen (secondary N) is 1. The van der Waals surface area contributed by atoms with Crippen molar-refractivity contribution in [2.45, 2.75) is 129 Å². The highest BCUT2D eigenvalue weighted by atomic mass is 32.2. The highest BCUT2D eigenvalue weighted by Crippen LogP contribution is 2.14. The van der Waals surface area contributed by atoms with Crippen LogP contribution in [-0.2, 0) is 14.9 Å². The number of unbranched alkanes of at least 4 members (excludes halogenated alkanes) is 18. The Labute approximate surface area is 192 Å². The molecule has 184 valence electrons. The van der Waals surface area contributed by atoms with Crippen LogP contribution in [0, 0.1) is 0 Å². The van der Waals surface area contributed by atoms with Crippen molar-refractivity contribution in [1.29, 1.82) is 0 Å². The van der Waals surface area contributed by atoms with E-state index in [-0.39, 0.29) is 12.5 Å². The number of amides is 1. The van der Waals surface area contributed by atoms with Crippen LogP contribution in [0.15, 0.2) is 12.2 Å². The number of hydrogen-bond donors (Lipinski definition) is 2. The summed E-state index contributed by atoms with van der Waals surface area (Å²) in [4.78, 5) is 11.4. The van der Waals surface area contributed by atoms with Gasteiger partial charge in [-0.15, -0.1) is 0 Å². The second-order valence-corrected chi connectivity index (χ2v) is 10.4. The summed E-state index contributed by atoms with van der Waals surface area (Å²) >= 11 is 0. The summed E-state index contributed by atoms with van der Waals surface area (Å²) in [6.45, 7) is 2.21. The van der Waals surface area contributed by atoms with Gasteiger partial charge in [-0.2, -0.15) is 8.42 Å². The first-order valence-corrected chi connectivity index (χ1v) is 14.5. The molecule has 0 heterocycles. The monoisotopic (exact) mass is 459 g/mol. The zero-order valence-corrected chi connectivity index (χ0v) is 20.9. The summed E-state index contributed by atoms with van der Waals surface area (Å²) in [6.07, 6.45) is 28.6. The standard InChI is InChI=1S/C25H49NO4S/c1-2-3-4-5-6-7-8-9-10-11-12-13-14-15-16-17-18-19-20-21-22-25(27)26-23-24-31(28,29)30/h21-22H,2-20,23-24H2,1H3,(H,26,27)(H,28,29,30)/b22-21+. The first-order valence-electron chi connectivity index (χ1n) is 12.8. The van der Waals surface area contributed by atoms with Gasteiger partial charge in [0.1, 0.15) is 0 Å². The minimum absolute atomic E-state index is 0.0683. The Kier molecular flexibility index (Phi) is 21.7. The minimum atomic E-state index is -4.01. The molecule has 0 spiro atoms. The maximum Gasteiger partial charge on any atom is 0.266 e. The minimum Gasteiger partial charge on any atom is -0.351 e. The molecule has 0 aromatic heterocycles. The lowest BCUT2D eigenvalue weighted by atomic mass is 10.0. The van der Waals surface area contributed by atoms with E-state index in [1.807, 2.05) is 6.08 Å². The van der Waals surface area contributed by atoms with Crippen LogP contribution in [0.1, 0.15) is 129 Å². The number of carbonyl (C=O) groups is 1. The van der Waals surface area contributed by atoms with E-state index in [0.29, 0.717) is 0 Å². The summed E-state index contributed by atoms with van der Waals surface area (Å²) in [6, 6.07) is 0. The average Bonchev–Trinajstić information content (AvgIpc) is 2.71. The molecule has 2 N–H and O–H groups in total. The van der Waals surface area contributed by atoms with Crippen LogP contribution in [0.3, 0.4) is 0 Å². The van der Waals surface area contributed by atoms with E-state index in [0.717, 1.165) is 12.8 Å². The lowest BCUT2D eigenvalue weighted by Crippen LogP contribution is -2.27. The molecule has 0 bridgehead atoms. The molecule has 5 nitrogen and oxygen atoms in total. The van der Waals surface area contributed by atoms with Gasteiger partial charge in [-0.05, 0) is 18.9 Å². The second kappa shape index (κ2) is 22.3. The zero-order valence-electron chi connectivity index (χ0n) is 20.1. The number of carbonyl (C=O) groups excluding carboxylic acids is 1. The van der Waals surface area contributed by atoms with E-state index in [4.69, 9.17) is 4.55 Å². The predicted octanol–water partition coefficient (Wildman–Crippen LogP) is 6.98. The van der Waals surface area contributed by atoms with Crippen molar-refractivity contribution in [1.82, 2.24) is 5.32 Å². The molecule has 0 aliphatic rings. The van der Waals surface area contributed by atoms with E-state index >= 15 is 0 Å². The molecule has 0 aromatic carbocycles. The number of hydrogen-bond acceptors (Lipinski definition) is 3. The lowest BCUT2D eigenvalue weighted by molar-refractivity contribution is -0.116. The molecule has 1 amide bonds. The average molecular weight is 460 g/mol. The lowest BCUT2D eigenvalue weighted by Gasteiger charge is -2.03. The van der Waals surface area contributed by atoms with Crippen molar-refractivity contribution in [2.24, 2.45) is 0 Å². The molecule has 0 saturated heterocycles. The summed E-state index contributed by atoms with van der Waals surface area (Å²) in [7, 11) is -4.01. The SMILES string of the molecule is CCCCCCCCCCCCCCCCCCCC/C=C/C(=O)NCCS(=O)(=O)O. The third kappa shape index (κ3) is 27.1. The molecule has 0 rings (SSSR count). The Balaban J connectivity index is 3.22. The quantitative estimate of drug-likeness (QED) is 0.0980. The van der Waals surface area contributed by atoms with Gasteiger partial charge in [-0.3, -0.25) is 9.35 Å². The third-order valence-electron chi connectivity index (χ3n) is 5.65. The molecular formula is C25H49NO4S. The summed E-state index contributed by atoms with van der Waals surface area (Å²) < 4.78 is 29.7. The van der Waals surface area contributed by atoms with Crippen molar-refractivity contribution in [3.05, 3.63) is 12.2 Å². The first kappa shape index (κ1) is 30.1. The van der Waals surface area contributed by atoms with Crippen molar-refractivity contribution in [3.63, 3.8) is 0 Å². The van der Waals surface area contributed by atoms with Gasteiger partial charge >= 0.3 is 0 Å². The summed E-state index contributed by atoms with van der Waals surface area (Å²) in [5.41, 5.74) is 0. The predicted molar refractivity (Wildman–Crippen MR) is 132 cm³/mol. The van der Waals surface area contributed by atoms with E-state index in [1.54, 1.807) is 0 Å². The second-order valence-electron chi connectivity index (χ2n) is 8.78. The van der Waals surface area contributed by atoms with Crippen molar-refractivity contribution >= 4 is 16.0 Å². The van der Waals surface area contributed by atoms with Crippen LogP contribution in [-0.4, -0.2) is 31.2 Å². The van der Waals surface area contributed by atoms with Gasteiger partial charge in [0.25, 0.3) is 10.1 Å². The van der Waals surface area contributed by atoms with Gasteiger partial charge in [0.05, 0.1) is 5.75 Å². The molecule has 0 aromatic rings. The van der Waals surface area contributed by atoms with Crippen LogP contribution >= 0.6 is 0 Å². The highest BCUT2D eigenvalue weighted by Gasteiger charge is 2.04. The molecule has 0 atom stereocenters. The van der Waals surface area contributed by atoms with E-state index in [9.17, 15) is 13.2 Å². The van der Waals surface area contributed by atoms with Crippen molar-refractivity contribution in [2.75, 3.05) is 12.3 Å². The molecule has 0 saturated carbocycles. The smallest absolute Gasteiger partial charge is 0.266 e. The largest absolute Gasteiger partial charge is 0.351 e. The Morgan fingerprint density at radius 2 is 1.10 bits per heavy atom. The normalized spacial score (nSPS) is 11.9. The maximum atomic E-state index is 11.4. The topological polar surface area (TPSA) is 83.5 Å². The Morgan fingerprint density at radius 1 is 0.710 bits per heavy atom. The molecule has 0 unspecified atom stereocenters. The van der Waals surface area contributed by atoms with E-state index in [2.05, 4.69) is 12.2 Å². The maximum absolute atomic E-state index is 11.4. The fourth-order valence-electron chi connectivity index (χ4n) is 3.72. The van der Waals surface area contributed by atoms with Crippen LogP contribution in [0.2, 0.25) is 0 Å². The van der Waals surface area contributed by atoms with Crippen LogP contribution < -0.4 is 5.32 Å². The molecule has 0 fully saturated rings. The zero-order chi connectivity index (χ0) is 23.0. The molecule has 31 heavy (non-hydrogen) atoms. The Morgan fingerprint density at radius 3 is 1.48 bits per heavy atom. The Hall–Kier alpha value is -0.880. The summed E-state index contributed by atoms with van der Waals surface area (Å²) in [5.74, 6) is -0.766. The van der Waals surface area contributed by atoms with Crippen LogP contribution in [0.5, 0.6) is 0 Å². The van der Waals surface area contributed by atoms with Crippen LogP contribution in [0.4, 0.5) is 0 Å². The molecule has 6 heteroatoms. The third-order valence-corrected chi connectivity index (χ3v) is 6.37. The molecule has 0 aliphatic carbocycles. The van der Waals surface area contributed by atoms with Gasteiger partial charge < -0.3 is 5.32 Å². The fraction of sp³-hybridized carbons (Fsp3) is 0.880. The van der Waals surface area contributed by atoms with Gasteiger partial charge in [-0.1, -0.05) is 122 Å². The van der Waals surface area contributed by atoms with Crippen molar-refractivity contribution < 1.29 is 17.8 Å². The number of allylic oxidation sites excluding steroid dienone is 1. The van der Waals surface area contributed by atoms with Gasteiger partial charge in [-0.25, -0.2) is 0 Å². The summed E-state index contributed by atoms with van der Waals surface area (Å²) in [5, 5.41) is 2.43. The van der Waals surface area contributed by atoms with E-state index < -0.39 is 15.9 Å². The van der Waals surface area contributed by atoms with E-state index in [1.165, 1.54) is 115 Å². The molecular weight excluding hydrogens is 410 g/mol. The number of rotatable bonds is 23.